The standard InChI is InChI=1S/C13H22N6O/c14-6-5-8-1-3-9(4-2-8)12(20)18-11-7-10(15)17-13(16)19-11/h7-9H,1-6,14H2,(H5,15,16,17,18,19,20). The van der Waals surface area contributed by atoms with Gasteiger partial charge in [-0.2, -0.15) is 9.97 Å². The molecule has 1 saturated carbocycles. The van der Waals surface area contributed by atoms with Gasteiger partial charge >= 0.3 is 0 Å². The lowest BCUT2D eigenvalue weighted by Crippen LogP contribution is -2.28. The van der Waals surface area contributed by atoms with E-state index in [4.69, 9.17) is 17.2 Å². The summed E-state index contributed by atoms with van der Waals surface area (Å²) in [5.74, 6) is 1.35. The zero-order valence-corrected chi connectivity index (χ0v) is 11.5. The summed E-state index contributed by atoms with van der Waals surface area (Å²) in [5.41, 5.74) is 16.6. The van der Waals surface area contributed by atoms with Crippen molar-refractivity contribution in [3.8, 4) is 0 Å². The van der Waals surface area contributed by atoms with E-state index in [-0.39, 0.29) is 23.6 Å². The molecule has 0 saturated heterocycles. The van der Waals surface area contributed by atoms with Crippen LogP contribution in [0, 0.1) is 11.8 Å². The van der Waals surface area contributed by atoms with E-state index in [9.17, 15) is 4.79 Å². The second kappa shape index (κ2) is 6.51. The molecule has 1 heterocycles. The van der Waals surface area contributed by atoms with E-state index in [2.05, 4.69) is 15.3 Å². The third-order valence-electron chi connectivity index (χ3n) is 3.81. The molecule has 0 spiro atoms. The molecular formula is C13H22N6O. The predicted molar refractivity (Wildman–Crippen MR) is 78.6 cm³/mol. The second-order valence-corrected chi connectivity index (χ2v) is 5.32. The predicted octanol–water partition coefficient (Wildman–Crippen LogP) is 0.735. The van der Waals surface area contributed by atoms with Gasteiger partial charge < -0.3 is 22.5 Å². The number of hydrogen-bond donors (Lipinski definition) is 4. The van der Waals surface area contributed by atoms with Gasteiger partial charge in [-0.1, -0.05) is 0 Å². The number of aromatic nitrogens is 2. The van der Waals surface area contributed by atoms with E-state index in [0.717, 1.165) is 38.6 Å². The molecule has 1 aromatic rings. The van der Waals surface area contributed by atoms with Crippen LogP contribution in [0.3, 0.4) is 0 Å². The Hall–Kier alpha value is -1.89. The number of nitrogens with two attached hydrogens (primary N) is 3. The Labute approximate surface area is 118 Å². The van der Waals surface area contributed by atoms with Gasteiger partial charge in [-0.15, -0.1) is 0 Å². The van der Waals surface area contributed by atoms with Crippen molar-refractivity contribution in [2.45, 2.75) is 32.1 Å². The van der Waals surface area contributed by atoms with E-state index in [1.165, 1.54) is 6.07 Å². The van der Waals surface area contributed by atoms with Gasteiger partial charge in [0.15, 0.2) is 0 Å². The van der Waals surface area contributed by atoms with Crippen LogP contribution in [0.2, 0.25) is 0 Å². The summed E-state index contributed by atoms with van der Waals surface area (Å²) >= 11 is 0. The molecule has 1 amide bonds. The molecule has 0 atom stereocenters. The molecule has 0 bridgehead atoms. The number of anilines is 3. The monoisotopic (exact) mass is 278 g/mol. The third-order valence-corrected chi connectivity index (χ3v) is 3.81. The fraction of sp³-hybridized carbons (Fsp3) is 0.615. The smallest absolute Gasteiger partial charge is 0.228 e. The number of rotatable bonds is 4. The quantitative estimate of drug-likeness (QED) is 0.641. The first-order valence-corrected chi connectivity index (χ1v) is 6.99. The van der Waals surface area contributed by atoms with Gasteiger partial charge in [0.05, 0.1) is 0 Å². The maximum absolute atomic E-state index is 12.2. The van der Waals surface area contributed by atoms with E-state index in [0.29, 0.717) is 11.7 Å². The zero-order chi connectivity index (χ0) is 14.5. The number of nitrogens with zero attached hydrogens (tertiary/aromatic N) is 2. The van der Waals surface area contributed by atoms with E-state index < -0.39 is 0 Å². The first kappa shape index (κ1) is 14.5. The molecular weight excluding hydrogens is 256 g/mol. The SMILES string of the molecule is NCCC1CCC(C(=O)Nc2cc(N)nc(N)n2)CC1. The van der Waals surface area contributed by atoms with E-state index >= 15 is 0 Å². The molecule has 7 heteroatoms. The molecule has 0 aliphatic heterocycles. The highest BCUT2D eigenvalue weighted by Gasteiger charge is 2.26. The first-order valence-electron chi connectivity index (χ1n) is 6.99. The summed E-state index contributed by atoms with van der Waals surface area (Å²) < 4.78 is 0. The molecule has 1 fully saturated rings. The number of carbonyl (C=O) groups is 1. The van der Waals surface area contributed by atoms with Crippen LogP contribution in [0.5, 0.6) is 0 Å². The number of amides is 1. The minimum absolute atomic E-state index is 0.0197. The molecule has 0 unspecified atom stereocenters. The Bertz CT molecular complexity index is 450. The molecule has 110 valence electrons. The van der Waals surface area contributed by atoms with Crippen LogP contribution < -0.4 is 22.5 Å². The topological polar surface area (TPSA) is 133 Å². The van der Waals surface area contributed by atoms with Gasteiger partial charge in [0, 0.05) is 12.0 Å². The maximum Gasteiger partial charge on any atom is 0.228 e. The fourth-order valence-electron chi connectivity index (χ4n) is 2.73. The van der Waals surface area contributed by atoms with E-state index in [1.807, 2.05) is 0 Å². The maximum atomic E-state index is 12.2. The summed E-state index contributed by atoms with van der Waals surface area (Å²) in [5, 5.41) is 2.77. The van der Waals surface area contributed by atoms with Crippen LogP contribution >= 0.6 is 0 Å². The molecule has 2 rings (SSSR count). The summed E-state index contributed by atoms with van der Waals surface area (Å²) in [6.07, 6.45) is 4.96. The molecule has 20 heavy (non-hydrogen) atoms. The lowest BCUT2D eigenvalue weighted by atomic mass is 9.80. The average molecular weight is 278 g/mol. The summed E-state index contributed by atoms with van der Waals surface area (Å²) in [4.78, 5) is 19.9. The highest BCUT2D eigenvalue weighted by molar-refractivity contribution is 5.92. The van der Waals surface area contributed by atoms with Crippen molar-refractivity contribution < 1.29 is 4.79 Å². The van der Waals surface area contributed by atoms with Crippen LogP contribution in [0.15, 0.2) is 6.07 Å². The van der Waals surface area contributed by atoms with Crippen molar-refractivity contribution in [1.29, 1.82) is 0 Å². The van der Waals surface area contributed by atoms with Crippen molar-refractivity contribution in [2.24, 2.45) is 17.6 Å². The van der Waals surface area contributed by atoms with Crippen molar-refractivity contribution in [3.05, 3.63) is 6.07 Å². The molecule has 1 aromatic heterocycles. The van der Waals surface area contributed by atoms with Crippen molar-refractivity contribution in [2.75, 3.05) is 23.3 Å². The lowest BCUT2D eigenvalue weighted by Gasteiger charge is -2.27. The number of nitrogen functional groups attached to an aromatic ring is 2. The van der Waals surface area contributed by atoms with Crippen LogP contribution in [0.25, 0.3) is 0 Å². The van der Waals surface area contributed by atoms with Crippen molar-refractivity contribution >= 4 is 23.5 Å². The molecule has 1 aliphatic carbocycles. The Balaban J connectivity index is 1.89. The number of hydrogen-bond acceptors (Lipinski definition) is 6. The highest BCUT2D eigenvalue weighted by Crippen LogP contribution is 2.31. The summed E-state index contributed by atoms with van der Waals surface area (Å²) in [6.45, 7) is 0.723. The number of nitrogens with one attached hydrogen (secondary N) is 1. The molecule has 1 aliphatic rings. The first-order chi connectivity index (χ1) is 9.58. The second-order valence-electron chi connectivity index (χ2n) is 5.32. The van der Waals surface area contributed by atoms with Crippen LogP contribution in [0.1, 0.15) is 32.1 Å². The Morgan fingerprint density at radius 1 is 1.25 bits per heavy atom. The van der Waals surface area contributed by atoms with Gasteiger partial charge in [-0.05, 0) is 44.6 Å². The summed E-state index contributed by atoms with van der Waals surface area (Å²) in [7, 11) is 0. The van der Waals surface area contributed by atoms with Gasteiger partial charge in [0.25, 0.3) is 0 Å². The highest BCUT2D eigenvalue weighted by atomic mass is 16.1. The third kappa shape index (κ3) is 3.80. The summed E-state index contributed by atoms with van der Waals surface area (Å²) in [6, 6.07) is 1.51. The minimum Gasteiger partial charge on any atom is -0.383 e. The van der Waals surface area contributed by atoms with E-state index in [1.54, 1.807) is 0 Å². The molecule has 7 N–H and O–H groups in total. The number of carbonyl (C=O) groups excluding carboxylic acids is 1. The van der Waals surface area contributed by atoms with Crippen LogP contribution in [0.4, 0.5) is 17.6 Å². The van der Waals surface area contributed by atoms with Gasteiger partial charge in [0.2, 0.25) is 11.9 Å². The molecule has 0 aromatic carbocycles. The van der Waals surface area contributed by atoms with Gasteiger partial charge in [-0.25, -0.2) is 0 Å². The normalized spacial score (nSPS) is 22.4. The minimum atomic E-state index is -0.0197. The van der Waals surface area contributed by atoms with Gasteiger partial charge in [-0.3, -0.25) is 4.79 Å². The lowest BCUT2D eigenvalue weighted by molar-refractivity contribution is -0.121. The van der Waals surface area contributed by atoms with Crippen LogP contribution in [-0.4, -0.2) is 22.4 Å². The van der Waals surface area contributed by atoms with Crippen molar-refractivity contribution in [1.82, 2.24) is 9.97 Å². The van der Waals surface area contributed by atoms with Crippen LogP contribution in [-0.2, 0) is 4.79 Å². The largest absolute Gasteiger partial charge is 0.383 e. The molecule has 0 radical (unpaired) electrons. The average Bonchev–Trinajstić information content (AvgIpc) is 2.38. The molecule has 7 nitrogen and oxygen atoms in total. The fourth-order valence-corrected chi connectivity index (χ4v) is 2.73. The van der Waals surface area contributed by atoms with Crippen molar-refractivity contribution in [3.63, 3.8) is 0 Å². The Kier molecular flexibility index (Phi) is 4.73. The Morgan fingerprint density at radius 3 is 2.55 bits per heavy atom. The Morgan fingerprint density at radius 2 is 1.95 bits per heavy atom. The zero-order valence-electron chi connectivity index (χ0n) is 11.5. The van der Waals surface area contributed by atoms with Gasteiger partial charge in [0.1, 0.15) is 11.6 Å².